The maximum absolute atomic E-state index is 13.0. The lowest BCUT2D eigenvalue weighted by Gasteiger charge is -2.38. The van der Waals surface area contributed by atoms with E-state index >= 15 is 0 Å². The Balaban J connectivity index is 1.89. The zero-order valence-electron chi connectivity index (χ0n) is 14.7. The van der Waals surface area contributed by atoms with Gasteiger partial charge < -0.3 is 19.7 Å². The summed E-state index contributed by atoms with van der Waals surface area (Å²) in [6.45, 7) is 3.85. The Morgan fingerprint density at radius 2 is 1.88 bits per heavy atom. The normalized spacial score (nSPS) is 16.3. The van der Waals surface area contributed by atoms with Gasteiger partial charge in [0, 0.05) is 25.9 Å². The van der Waals surface area contributed by atoms with Crippen LogP contribution in [0, 0.1) is 0 Å². The number of hydrogen-bond donors (Lipinski definition) is 1. The third kappa shape index (κ3) is 3.77. The number of nitrogens with one attached hydrogen (secondary N) is 1. The summed E-state index contributed by atoms with van der Waals surface area (Å²) in [6.07, 6.45) is 0.592. The van der Waals surface area contributed by atoms with E-state index in [9.17, 15) is 4.79 Å². The fourth-order valence-electron chi connectivity index (χ4n) is 3.08. The van der Waals surface area contributed by atoms with E-state index in [1.807, 2.05) is 60.4 Å². The molecule has 1 amide bonds. The van der Waals surface area contributed by atoms with Crippen molar-refractivity contribution in [3.05, 3.63) is 59.7 Å². The molecule has 0 bridgehead atoms. The highest BCUT2D eigenvalue weighted by Gasteiger charge is 2.32. The van der Waals surface area contributed by atoms with Gasteiger partial charge in [0.1, 0.15) is 11.9 Å². The van der Waals surface area contributed by atoms with Crippen LogP contribution in [-0.2, 0) is 4.74 Å². The Hall–Kier alpha value is -2.53. The van der Waals surface area contributed by atoms with Gasteiger partial charge in [-0.05, 0) is 43.2 Å². The molecule has 0 aromatic heterocycles. The van der Waals surface area contributed by atoms with Crippen molar-refractivity contribution in [1.82, 2.24) is 4.90 Å². The molecule has 2 aromatic carbocycles. The van der Waals surface area contributed by atoms with E-state index in [0.717, 1.165) is 23.4 Å². The van der Waals surface area contributed by atoms with E-state index in [2.05, 4.69) is 5.32 Å². The van der Waals surface area contributed by atoms with Crippen LogP contribution in [-0.4, -0.2) is 37.7 Å². The first kappa shape index (κ1) is 17.3. The van der Waals surface area contributed by atoms with Crippen molar-refractivity contribution in [3.63, 3.8) is 0 Å². The van der Waals surface area contributed by atoms with Crippen molar-refractivity contribution < 1.29 is 14.3 Å². The summed E-state index contributed by atoms with van der Waals surface area (Å²) in [5, 5.41) is 3.50. The summed E-state index contributed by atoms with van der Waals surface area (Å²) in [5.41, 5.74) is 2.61. The van der Waals surface area contributed by atoms with Crippen LogP contribution < -0.4 is 10.1 Å². The Morgan fingerprint density at radius 1 is 1.12 bits per heavy atom. The van der Waals surface area contributed by atoms with Crippen LogP contribution in [0.4, 0.5) is 5.69 Å². The summed E-state index contributed by atoms with van der Waals surface area (Å²) in [6, 6.07) is 15.5. The van der Waals surface area contributed by atoms with Crippen molar-refractivity contribution in [1.29, 1.82) is 0 Å². The number of fused-ring (bicyclic) bond motifs is 1. The molecule has 1 N–H and O–H groups in total. The second kappa shape index (κ2) is 8.03. The van der Waals surface area contributed by atoms with Crippen LogP contribution in [0.5, 0.6) is 5.75 Å². The molecule has 1 unspecified atom stereocenters. The van der Waals surface area contributed by atoms with Crippen molar-refractivity contribution in [2.24, 2.45) is 0 Å². The Labute approximate surface area is 148 Å². The predicted molar refractivity (Wildman–Crippen MR) is 97.9 cm³/mol. The number of carbonyl (C=O) groups is 1. The maximum atomic E-state index is 13.0. The number of benzene rings is 2. The molecule has 1 aliphatic heterocycles. The molecule has 0 saturated carbocycles. The highest BCUT2D eigenvalue weighted by Crippen LogP contribution is 2.33. The van der Waals surface area contributed by atoms with Crippen LogP contribution in [0.2, 0.25) is 0 Å². The molecule has 5 nitrogen and oxygen atoms in total. The average Bonchev–Trinajstić information content (AvgIpc) is 2.64. The van der Waals surface area contributed by atoms with Crippen LogP contribution in [0.15, 0.2) is 48.5 Å². The minimum Gasteiger partial charge on any atom is -0.494 e. The number of rotatable bonds is 7. The first-order chi connectivity index (χ1) is 12.2. The standard InChI is InChI=1S/C20H24N2O3/c1-3-25-16-11-9-15(10-12-16)19-21-18-8-5-4-7-17(18)20(23)22(19)13-6-14-24-2/h4-5,7-12,19,21H,3,6,13-14H2,1-2H3. The van der Waals surface area contributed by atoms with Gasteiger partial charge in [0.2, 0.25) is 0 Å². The maximum Gasteiger partial charge on any atom is 0.257 e. The number of nitrogens with zero attached hydrogens (tertiary/aromatic N) is 1. The lowest BCUT2D eigenvalue weighted by molar-refractivity contribution is 0.0660. The molecule has 0 saturated heterocycles. The molecule has 2 aromatic rings. The summed E-state index contributed by atoms with van der Waals surface area (Å²) in [5.74, 6) is 0.879. The smallest absolute Gasteiger partial charge is 0.257 e. The second-order valence-corrected chi connectivity index (χ2v) is 5.94. The van der Waals surface area contributed by atoms with Crippen molar-refractivity contribution in [2.75, 3.05) is 32.2 Å². The third-order valence-corrected chi connectivity index (χ3v) is 4.28. The zero-order valence-corrected chi connectivity index (χ0v) is 14.7. The zero-order chi connectivity index (χ0) is 17.6. The Bertz CT molecular complexity index is 715. The third-order valence-electron chi connectivity index (χ3n) is 4.28. The topological polar surface area (TPSA) is 50.8 Å². The predicted octanol–water partition coefficient (Wildman–Crippen LogP) is 3.69. The lowest BCUT2D eigenvalue weighted by Crippen LogP contribution is -2.43. The van der Waals surface area contributed by atoms with Gasteiger partial charge >= 0.3 is 0 Å². The number of amides is 1. The SMILES string of the molecule is CCOc1ccc(C2Nc3ccccc3C(=O)N2CCCOC)cc1. The minimum absolute atomic E-state index is 0.0457. The molecule has 0 fully saturated rings. The Kier molecular flexibility index (Phi) is 5.56. The van der Waals surface area contributed by atoms with Crippen LogP contribution >= 0.6 is 0 Å². The van der Waals surface area contributed by atoms with Crippen LogP contribution in [0.3, 0.4) is 0 Å². The number of methoxy groups -OCH3 is 1. The van der Waals surface area contributed by atoms with E-state index < -0.39 is 0 Å². The molecular weight excluding hydrogens is 316 g/mol. The molecule has 25 heavy (non-hydrogen) atoms. The van der Waals surface area contributed by atoms with Gasteiger partial charge in [0.25, 0.3) is 5.91 Å². The summed E-state index contributed by atoms with van der Waals surface area (Å²) >= 11 is 0. The molecule has 132 valence electrons. The van der Waals surface area contributed by atoms with Crippen molar-refractivity contribution >= 4 is 11.6 Å². The minimum atomic E-state index is -0.199. The van der Waals surface area contributed by atoms with E-state index in [0.29, 0.717) is 25.3 Å². The van der Waals surface area contributed by atoms with E-state index in [4.69, 9.17) is 9.47 Å². The van der Waals surface area contributed by atoms with E-state index in [-0.39, 0.29) is 12.1 Å². The monoisotopic (exact) mass is 340 g/mol. The molecular formula is C20H24N2O3. The molecule has 1 aliphatic rings. The molecule has 0 aliphatic carbocycles. The second-order valence-electron chi connectivity index (χ2n) is 5.94. The molecule has 5 heteroatoms. The molecule has 0 spiro atoms. The number of hydrogen-bond acceptors (Lipinski definition) is 4. The molecule has 3 rings (SSSR count). The Morgan fingerprint density at radius 3 is 2.60 bits per heavy atom. The van der Waals surface area contributed by atoms with Gasteiger partial charge in [-0.1, -0.05) is 24.3 Å². The van der Waals surface area contributed by atoms with Gasteiger partial charge in [0.15, 0.2) is 0 Å². The highest BCUT2D eigenvalue weighted by molar-refractivity contribution is 6.01. The molecule has 1 atom stereocenters. The van der Waals surface area contributed by atoms with Gasteiger partial charge in [-0.25, -0.2) is 0 Å². The highest BCUT2D eigenvalue weighted by atomic mass is 16.5. The number of ether oxygens (including phenoxy) is 2. The van der Waals surface area contributed by atoms with Gasteiger partial charge in [0.05, 0.1) is 12.2 Å². The van der Waals surface area contributed by atoms with Crippen LogP contribution in [0.1, 0.15) is 35.4 Å². The molecule has 1 heterocycles. The fourth-order valence-corrected chi connectivity index (χ4v) is 3.08. The number of para-hydroxylation sites is 1. The number of carbonyl (C=O) groups excluding carboxylic acids is 1. The summed E-state index contributed by atoms with van der Waals surface area (Å²) in [7, 11) is 1.68. The summed E-state index contributed by atoms with van der Waals surface area (Å²) in [4.78, 5) is 14.9. The van der Waals surface area contributed by atoms with Gasteiger partial charge in [-0.2, -0.15) is 0 Å². The summed E-state index contributed by atoms with van der Waals surface area (Å²) < 4.78 is 10.7. The van der Waals surface area contributed by atoms with Crippen molar-refractivity contribution in [3.8, 4) is 5.75 Å². The first-order valence-electron chi connectivity index (χ1n) is 8.63. The van der Waals surface area contributed by atoms with Crippen LogP contribution in [0.25, 0.3) is 0 Å². The fraction of sp³-hybridized carbons (Fsp3) is 0.350. The first-order valence-corrected chi connectivity index (χ1v) is 8.63. The largest absolute Gasteiger partial charge is 0.494 e. The van der Waals surface area contributed by atoms with Gasteiger partial charge in [-0.3, -0.25) is 4.79 Å². The van der Waals surface area contributed by atoms with Crippen molar-refractivity contribution in [2.45, 2.75) is 19.5 Å². The lowest BCUT2D eigenvalue weighted by atomic mass is 10.0. The quantitative estimate of drug-likeness (QED) is 0.781. The molecule has 0 radical (unpaired) electrons. The van der Waals surface area contributed by atoms with E-state index in [1.165, 1.54) is 0 Å². The van der Waals surface area contributed by atoms with Gasteiger partial charge in [-0.15, -0.1) is 0 Å². The number of anilines is 1. The van der Waals surface area contributed by atoms with E-state index in [1.54, 1.807) is 7.11 Å². The average molecular weight is 340 g/mol.